The summed E-state index contributed by atoms with van der Waals surface area (Å²) < 4.78 is 34.4. The highest BCUT2D eigenvalue weighted by Crippen LogP contribution is 2.29. The molecule has 0 aliphatic rings. The van der Waals surface area contributed by atoms with Crippen LogP contribution in [0, 0.1) is 25.5 Å². The first-order chi connectivity index (χ1) is 14.0. The number of carboxylic acid groups (broad SMARTS) is 1. The monoisotopic (exact) mass is 418 g/mol. The molecule has 0 saturated carbocycles. The second-order valence-corrected chi connectivity index (χ2v) is 7.43. The number of halogens is 2. The number of hydrogen-bond donors (Lipinski definition) is 1. The summed E-state index contributed by atoms with van der Waals surface area (Å²) in [5.41, 5.74) is -0.0703. The standard InChI is InChI=1S/C20H20F2N4O4/c1-11-5-13(6-12(2)17(11)30-20(3,4)18(27)28)10-25-19(29)26(24-23-25)16-8-14(21)7-15(22)9-16/h5-9H,10H2,1-4H3,(H,27,28). The summed E-state index contributed by atoms with van der Waals surface area (Å²) in [6.45, 7) is 6.49. The molecule has 0 bridgehead atoms. The molecule has 0 unspecified atom stereocenters. The normalized spacial score (nSPS) is 11.5. The van der Waals surface area contributed by atoms with Gasteiger partial charge in [-0.3, -0.25) is 0 Å². The van der Waals surface area contributed by atoms with Gasteiger partial charge in [0.05, 0.1) is 12.2 Å². The van der Waals surface area contributed by atoms with Crippen molar-refractivity contribution in [3.63, 3.8) is 0 Å². The maximum atomic E-state index is 13.4. The number of aromatic nitrogens is 4. The predicted octanol–water partition coefficient (Wildman–Crippen LogP) is 2.61. The van der Waals surface area contributed by atoms with Gasteiger partial charge in [0.1, 0.15) is 17.4 Å². The fraction of sp³-hybridized carbons (Fsp3) is 0.300. The number of aryl methyl sites for hydroxylation is 2. The molecule has 3 rings (SSSR count). The Labute approximate surface area is 170 Å². The van der Waals surface area contributed by atoms with Crippen LogP contribution >= 0.6 is 0 Å². The van der Waals surface area contributed by atoms with Crippen molar-refractivity contribution in [2.24, 2.45) is 0 Å². The molecule has 2 aromatic carbocycles. The lowest BCUT2D eigenvalue weighted by Gasteiger charge is -2.24. The quantitative estimate of drug-likeness (QED) is 0.661. The Balaban J connectivity index is 1.90. The molecule has 0 amide bonds. The number of hydrogen-bond acceptors (Lipinski definition) is 5. The predicted molar refractivity (Wildman–Crippen MR) is 103 cm³/mol. The summed E-state index contributed by atoms with van der Waals surface area (Å²) in [5.74, 6) is -2.32. The van der Waals surface area contributed by atoms with Crippen LogP contribution in [0.3, 0.4) is 0 Å². The molecule has 10 heteroatoms. The van der Waals surface area contributed by atoms with Gasteiger partial charge in [0, 0.05) is 18.2 Å². The molecular weight excluding hydrogens is 398 g/mol. The van der Waals surface area contributed by atoms with Crippen molar-refractivity contribution in [3.05, 3.63) is 69.1 Å². The van der Waals surface area contributed by atoms with Crippen molar-refractivity contribution in [3.8, 4) is 11.4 Å². The number of tetrazole rings is 1. The lowest BCUT2D eigenvalue weighted by atomic mass is 10.0. The van der Waals surface area contributed by atoms with Gasteiger partial charge in [0.2, 0.25) is 0 Å². The van der Waals surface area contributed by atoms with Gasteiger partial charge in [-0.05, 0) is 54.8 Å². The van der Waals surface area contributed by atoms with Gasteiger partial charge in [0.25, 0.3) is 0 Å². The van der Waals surface area contributed by atoms with E-state index in [1.54, 1.807) is 26.0 Å². The number of benzene rings is 2. The van der Waals surface area contributed by atoms with Gasteiger partial charge in [-0.15, -0.1) is 0 Å². The Morgan fingerprint density at radius 2 is 1.63 bits per heavy atom. The molecule has 1 N–H and O–H groups in total. The Bertz CT molecular complexity index is 1140. The topological polar surface area (TPSA) is 99.2 Å². The largest absolute Gasteiger partial charge is 0.478 e. The molecule has 0 radical (unpaired) electrons. The second kappa shape index (κ2) is 7.69. The minimum absolute atomic E-state index is 0.0565. The summed E-state index contributed by atoms with van der Waals surface area (Å²) >= 11 is 0. The zero-order valence-corrected chi connectivity index (χ0v) is 16.8. The van der Waals surface area contributed by atoms with Crippen molar-refractivity contribution in [1.82, 2.24) is 19.8 Å². The van der Waals surface area contributed by atoms with Gasteiger partial charge < -0.3 is 9.84 Å². The fourth-order valence-electron chi connectivity index (χ4n) is 2.96. The number of aliphatic carboxylic acids is 1. The molecule has 1 heterocycles. The van der Waals surface area contributed by atoms with Crippen LogP contribution in [0.4, 0.5) is 8.78 Å². The first kappa shape index (κ1) is 21.2. The van der Waals surface area contributed by atoms with E-state index in [1.807, 2.05) is 0 Å². The number of carbonyl (C=O) groups is 1. The van der Waals surface area contributed by atoms with Crippen LogP contribution < -0.4 is 10.4 Å². The summed E-state index contributed by atoms with van der Waals surface area (Å²) in [7, 11) is 0. The second-order valence-electron chi connectivity index (χ2n) is 7.43. The highest BCUT2D eigenvalue weighted by molar-refractivity contribution is 5.77. The van der Waals surface area contributed by atoms with E-state index in [0.29, 0.717) is 28.5 Å². The number of rotatable bonds is 6. The number of nitrogens with zero attached hydrogens (tertiary/aromatic N) is 4. The first-order valence-corrected chi connectivity index (χ1v) is 9.00. The van der Waals surface area contributed by atoms with E-state index in [0.717, 1.165) is 21.5 Å². The number of carboxylic acids is 1. The van der Waals surface area contributed by atoms with E-state index in [2.05, 4.69) is 10.4 Å². The Kier molecular flexibility index (Phi) is 5.43. The summed E-state index contributed by atoms with van der Waals surface area (Å²) in [4.78, 5) is 23.9. The molecule has 30 heavy (non-hydrogen) atoms. The van der Waals surface area contributed by atoms with E-state index in [-0.39, 0.29) is 12.2 Å². The molecule has 0 saturated heterocycles. The maximum absolute atomic E-state index is 13.4. The average Bonchev–Trinajstić information content (AvgIpc) is 2.98. The smallest absolute Gasteiger partial charge is 0.368 e. The molecule has 0 aliphatic heterocycles. The molecule has 1 aromatic heterocycles. The molecule has 3 aromatic rings. The third kappa shape index (κ3) is 4.22. The van der Waals surface area contributed by atoms with E-state index in [1.165, 1.54) is 13.8 Å². The van der Waals surface area contributed by atoms with Gasteiger partial charge in [-0.2, -0.15) is 9.36 Å². The molecular formula is C20H20F2N4O4. The van der Waals surface area contributed by atoms with E-state index < -0.39 is 28.9 Å². The van der Waals surface area contributed by atoms with Crippen molar-refractivity contribution in [2.45, 2.75) is 39.8 Å². The van der Waals surface area contributed by atoms with Gasteiger partial charge in [-0.1, -0.05) is 12.1 Å². The molecule has 0 spiro atoms. The van der Waals surface area contributed by atoms with Gasteiger partial charge in [0.15, 0.2) is 5.60 Å². The Hall–Kier alpha value is -3.56. The lowest BCUT2D eigenvalue weighted by molar-refractivity contribution is -0.152. The van der Waals surface area contributed by atoms with Gasteiger partial charge >= 0.3 is 11.7 Å². The SMILES string of the molecule is Cc1cc(Cn2nnn(-c3cc(F)cc(F)c3)c2=O)cc(C)c1OC(C)(C)C(=O)O. The minimum Gasteiger partial charge on any atom is -0.478 e. The summed E-state index contributed by atoms with van der Waals surface area (Å²) in [6, 6.07) is 6.14. The van der Waals surface area contributed by atoms with Crippen LogP contribution in [-0.4, -0.2) is 36.5 Å². The Morgan fingerprint density at radius 1 is 1.07 bits per heavy atom. The lowest BCUT2D eigenvalue weighted by Crippen LogP contribution is -2.38. The van der Waals surface area contributed by atoms with Crippen LogP contribution in [0.5, 0.6) is 5.75 Å². The van der Waals surface area contributed by atoms with Crippen LogP contribution in [0.15, 0.2) is 35.1 Å². The van der Waals surface area contributed by atoms with E-state index in [4.69, 9.17) is 4.74 Å². The maximum Gasteiger partial charge on any atom is 0.368 e. The molecule has 0 fully saturated rings. The van der Waals surface area contributed by atoms with E-state index >= 15 is 0 Å². The zero-order chi connectivity index (χ0) is 22.2. The highest BCUT2D eigenvalue weighted by Gasteiger charge is 2.30. The molecule has 158 valence electrons. The van der Waals surface area contributed by atoms with Gasteiger partial charge in [-0.25, -0.2) is 18.4 Å². The average molecular weight is 418 g/mol. The molecule has 8 nitrogen and oxygen atoms in total. The summed E-state index contributed by atoms with van der Waals surface area (Å²) in [6.07, 6.45) is 0. The Morgan fingerprint density at radius 3 is 2.17 bits per heavy atom. The first-order valence-electron chi connectivity index (χ1n) is 9.00. The van der Waals surface area contributed by atoms with Crippen molar-refractivity contribution < 1.29 is 23.4 Å². The summed E-state index contributed by atoms with van der Waals surface area (Å²) in [5, 5.41) is 16.7. The number of ether oxygens (including phenoxy) is 1. The van der Waals surface area contributed by atoms with Crippen LogP contribution in [-0.2, 0) is 11.3 Å². The van der Waals surface area contributed by atoms with Crippen molar-refractivity contribution in [2.75, 3.05) is 0 Å². The van der Waals surface area contributed by atoms with Crippen LogP contribution in [0.25, 0.3) is 5.69 Å². The zero-order valence-electron chi connectivity index (χ0n) is 16.8. The van der Waals surface area contributed by atoms with Crippen LogP contribution in [0.1, 0.15) is 30.5 Å². The molecule has 0 atom stereocenters. The van der Waals surface area contributed by atoms with E-state index in [9.17, 15) is 23.5 Å². The fourth-order valence-corrected chi connectivity index (χ4v) is 2.96. The minimum atomic E-state index is -1.41. The highest BCUT2D eigenvalue weighted by atomic mass is 19.1. The van der Waals surface area contributed by atoms with Crippen LogP contribution in [0.2, 0.25) is 0 Å². The third-order valence-electron chi connectivity index (χ3n) is 4.46. The van der Waals surface area contributed by atoms with Crippen molar-refractivity contribution >= 4 is 5.97 Å². The third-order valence-corrected chi connectivity index (χ3v) is 4.46. The molecule has 0 aliphatic carbocycles. The van der Waals surface area contributed by atoms with Crippen molar-refractivity contribution in [1.29, 1.82) is 0 Å².